The van der Waals surface area contributed by atoms with Crippen LogP contribution in [0.25, 0.3) is 0 Å². The summed E-state index contributed by atoms with van der Waals surface area (Å²) in [5, 5.41) is 3.25. The van der Waals surface area contributed by atoms with Gasteiger partial charge in [-0.3, -0.25) is 14.8 Å². The Bertz CT molecular complexity index is 571. The van der Waals surface area contributed by atoms with Gasteiger partial charge in [0, 0.05) is 31.7 Å². The Morgan fingerprint density at radius 2 is 2.20 bits per heavy atom. The normalized spacial score (nSPS) is 10.1. The molecule has 5 nitrogen and oxygen atoms in total. The summed E-state index contributed by atoms with van der Waals surface area (Å²) in [6, 6.07) is 7.26. The number of amides is 1. The van der Waals surface area contributed by atoms with Gasteiger partial charge in [0.2, 0.25) is 0 Å². The molecule has 2 rings (SSSR count). The molecule has 104 valence electrons. The molecule has 0 aliphatic carbocycles. The van der Waals surface area contributed by atoms with Gasteiger partial charge in [0.05, 0.1) is 11.9 Å². The molecule has 1 N–H and O–H groups in total. The Hall–Kier alpha value is -2.43. The first-order valence-electron chi connectivity index (χ1n) is 6.60. The van der Waals surface area contributed by atoms with Gasteiger partial charge in [0.1, 0.15) is 5.69 Å². The lowest BCUT2D eigenvalue weighted by atomic mass is 10.2. The van der Waals surface area contributed by atoms with Crippen molar-refractivity contribution in [1.29, 1.82) is 0 Å². The van der Waals surface area contributed by atoms with Crippen LogP contribution < -0.4 is 10.2 Å². The summed E-state index contributed by atoms with van der Waals surface area (Å²) < 4.78 is 0. The van der Waals surface area contributed by atoms with Gasteiger partial charge in [0.25, 0.3) is 5.91 Å². The van der Waals surface area contributed by atoms with Crippen LogP contribution in [0.5, 0.6) is 0 Å². The highest BCUT2D eigenvalue weighted by molar-refractivity contribution is 6.04. The largest absolute Gasteiger partial charge is 0.385 e. The lowest BCUT2D eigenvalue weighted by Crippen LogP contribution is -2.27. The minimum Gasteiger partial charge on any atom is -0.385 e. The number of hydrogen-bond donors (Lipinski definition) is 1. The van der Waals surface area contributed by atoms with E-state index in [1.807, 2.05) is 12.1 Å². The number of pyridine rings is 2. The number of nitrogens with zero attached hydrogens (tertiary/aromatic N) is 3. The molecular weight excluding hydrogens is 252 g/mol. The van der Waals surface area contributed by atoms with E-state index in [4.69, 9.17) is 0 Å². The van der Waals surface area contributed by atoms with Crippen LogP contribution in [-0.4, -0.2) is 29.5 Å². The van der Waals surface area contributed by atoms with Crippen molar-refractivity contribution < 1.29 is 4.79 Å². The molecule has 0 aliphatic heterocycles. The van der Waals surface area contributed by atoms with Crippen molar-refractivity contribution in [1.82, 2.24) is 9.97 Å². The zero-order valence-electron chi connectivity index (χ0n) is 11.7. The molecule has 5 heteroatoms. The van der Waals surface area contributed by atoms with Crippen LogP contribution in [0.1, 0.15) is 23.8 Å². The van der Waals surface area contributed by atoms with Gasteiger partial charge in [-0.1, -0.05) is 6.92 Å². The van der Waals surface area contributed by atoms with Gasteiger partial charge in [-0.25, -0.2) is 0 Å². The summed E-state index contributed by atoms with van der Waals surface area (Å²) in [5.41, 5.74) is 2.06. The van der Waals surface area contributed by atoms with Crippen LogP contribution >= 0.6 is 0 Å². The van der Waals surface area contributed by atoms with E-state index in [2.05, 4.69) is 22.2 Å². The summed E-state index contributed by atoms with van der Waals surface area (Å²) in [7, 11) is 1.72. The van der Waals surface area contributed by atoms with Crippen molar-refractivity contribution in [2.24, 2.45) is 0 Å². The highest BCUT2D eigenvalue weighted by Gasteiger charge is 2.15. The van der Waals surface area contributed by atoms with Crippen molar-refractivity contribution >= 4 is 17.3 Å². The van der Waals surface area contributed by atoms with E-state index in [1.54, 1.807) is 42.7 Å². The maximum Gasteiger partial charge on any atom is 0.276 e. The molecule has 0 aromatic carbocycles. The molecule has 2 aromatic rings. The fourth-order valence-corrected chi connectivity index (χ4v) is 1.77. The van der Waals surface area contributed by atoms with Crippen molar-refractivity contribution in [3.05, 3.63) is 48.5 Å². The third kappa shape index (κ3) is 3.32. The molecule has 0 unspecified atom stereocenters. The molecule has 0 bridgehead atoms. The standard InChI is InChI=1S/C15H18N4O/c1-3-7-17-12-6-9-18-14(10-12)15(20)19(2)13-5-4-8-16-11-13/h4-6,8-11H,3,7H2,1-2H3,(H,17,18). The van der Waals surface area contributed by atoms with Gasteiger partial charge < -0.3 is 10.2 Å². The van der Waals surface area contributed by atoms with Gasteiger partial charge in [-0.2, -0.15) is 0 Å². The average molecular weight is 270 g/mol. The second kappa shape index (κ2) is 6.65. The third-order valence-electron chi connectivity index (χ3n) is 2.90. The Labute approximate surface area is 118 Å². The van der Waals surface area contributed by atoms with Crippen molar-refractivity contribution in [2.45, 2.75) is 13.3 Å². The van der Waals surface area contributed by atoms with Crippen molar-refractivity contribution in [3.63, 3.8) is 0 Å². The molecule has 0 saturated carbocycles. The highest BCUT2D eigenvalue weighted by atomic mass is 16.2. The predicted octanol–water partition coefficient (Wildman–Crippen LogP) is 2.58. The number of hydrogen-bond acceptors (Lipinski definition) is 4. The van der Waals surface area contributed by atoms with Crippen molar-refractivity contribution in [2.75, 3.05) is 23.8 Å². The van der Waals surface area contributed by atoms with E-state index in [1.165, 1.54) is 0 Å². The second-order valence-electron chi connectivity index (χ2n) is 4.43. The molecule has 0 spiro atoms. The maximum absolute atomic E-state index is 12.4. The van der Waals surface area contributed by atoms with Crippen LogP contribution in [-0.2, 0) is 0 Å². The van der Waals surface area contributed by atoms with Crippen LogP contribution in [0, 0.1) is 0 Å². The molecule has 2 aromatic heterocycles. The van der Waals surface area contributed by atoms with E-state index in [-0.39, 0.29) is 5.91 Å². The molecule has 0 aliphatic rings. The Morgan fingerprint density at radius 1 is 1.35 bits per heavy atom. The number of anilines is 2. The minimum atomic E-state index is -0.154. The second-order valence-corrected chi connectivity index (χ2v) is 4.43. The number of aromatic nitrogens is 2. The molecule has 0 radical (unpaired) electrons. The minimum absolute atomic E-state index is 0.154. The van der Waals surface area contributed by atoms with Crippen molar-refractivity contribution in [3.8, 4) is 0 Å². The third-order valence-corrected chi connectivity index (χ3v) is 2.90. The number of rotatable bonds is 5. The number of carbonyl (C=O) groups excluding carboxylic acids is 1. The van der Waals surface area contributed by atoms with E-state index in [9.17, 15) is 4.79 Å². The molecule has 1 amide bonds. The van der Waals surface area contributed by atoms with Crippen LogP contribution in [0.15, 0.2) is 42.9 Å². The molecule has 0 saturated heterocycles. The average Bonchev–Trinajstić information content (AvgIpc) is 2.52. The monoisotopic (exact) mass is 270 g/mol. The van der Waals surface area contributed by atoms with Crippen LogP contribution in [0.3, 0.4) is 0 Å². The highest BCUT2D eigenvalue weighted by Crippen LogP contribution is 2.14. The lowest BCUT2D eigenvalue weighted by molar-refractivity contribution is 0.0988. The first kappa shape index (κ1) is 14.0. The molecule has 20 heavy (non-hydrogen) atoms. The van der Waals surface area contributed by atoms with E-state index in [0.29, 0.717) is 5.69 Å². The maximum atomic E-state index is 12.4. The zero-order chi connectivity index (χ0) is 14.4. The van der Waals surface area contributed by atoms with E-state index >= 15 is 0 Å². The molecule has 2 heterocycles. The first-order chi connectivity index (χ1) is 9.72. The fraction of sp³-hybridized carbons (Fsp3) is 0.267. The van der Waals surface area contributed by atoms with Gasteiger partial charge in [-0.15, -0.1) is 0 Å². The number of nitrogens with one attached hydrogen (secondary N) is 1. The summed E-state index contributed by atoms with van der Waals surface area (Å²) in [6.45, 7) is 2.96. The predicted molar refractivity (Wildman–Crippen MR) is 80.0 cm³/mol. The zero-order valence-corrected chi connectivity index (χ0v) is 11.7. The fourth-order valence-electron chi connectivity index (χ4n) is 1.77. The molecule has 0 fully saturated rings. The Kier molecular flexibility index (Phi) is 4.65. The quantitative estimate of drug-likeness (QED) is 0.907. The molecular formula is C15H18N4O. The number of carbonyl (C=O) groups is 1. The Balaban J connectivity index is 2.16. The van der Waals surface area contributed by atoms with Crippen LogP contribution in [0.4, 0.5) is 11.4 Å². The van der Waals surface area contributed by atoms with Gasteiger partial charge >= 0.3 is 0 Å². The summed E-state index contributed by atoms with van der Waals surface area (Å²) in [5.74, 6) is -0.154. The molecule has 0 atom stereocenters. The Morgan fingerprint density at radius 3 is 2.90 bits per heavy atom. The van der Waals surface area contributed by atoms with Gasteiger partial charge in [0.15, 0.2) is 0 Å². The van der Waals surface area contributed by atoms with E-state index < -0.39 is 0 Å². The smallest absolute Gasteiger partial charge is 0.276 e. The lowest BCUT2D eigenvalue weighted by Gasteiger charge is -2.16. The summed E-state index contributed by atoms with van der Waals surface area (Å²) in [4.78, 5) is 22.1. The van der Waals surface area contributed by atoms with Gasteiger partial charge in [-0.05, 0) is 30.7 Å². The van der Waals surface area contributed by atoms with E-state index in [0.717, 1.165) is 24.3 Å². The van der Waals surface area contributed by atoms with Crippen LogP contribution in [0.2, 0.25) is 0 Å². The first-order valence-corrected chi connectivity index (χ1v) is 6.60. The summed E-state index contributed by atoms with van der Waals surface area (Å²) in [6.07, 6.45) is 6.00. The SMILES string of the molecule is CCCNc1ccnc(C(=O)N(C)c2cccnc2)c1. The topological polar surface area (TPSA) is 58.1 Å². The summed E-state index contributed by atoms with van der Waals surface area (Å²) >= 11 is 0.